The number of anilines is 2. The number of hydrogen-bond acceptors (Lipinski definition) is 11. The summed E-state index contributed by atoms with van der Waals surface area (Å²) in [5.41, 5.74) is 2.23. The number of piperidine rings is 1. The fourth-order valence-corrected chi connectivity index (χ4v) is 5.47. The summed E-state index contributed by atoms with van der Waals surface area (Å²) in [5, 5.41) is 5.89. The Bertz CT molecular complexity index is 1820. The van der Waals surface area contributed by atoms with E-state index in [4.69, 9.17) is 14.2 Å². The first-order valence-electron chi connectivity index (χ1n) is 13.8. The number of methoxy groups -OCH3 is 1. The lowest BCUT2D eigenvalue weighted by atomic mass is 10.1. The SMILES string of the molecule is C=CC(=O)N1CCC(Oc2cc3c(Nc4ccc(Oc5nc(-c6cnc(C)nc6)cs5)cc4F)ncnc3cc2OC)CC1. The third-order valence-electron chi connectivity index (χ3n) is 7.10. The van der Waals surface area contributed by atoms with Gasteiger partial charge in [0, 0.05) is 66.8 Å². The number of carbonyl (C=O) groups is 1. The molecule has 5 aromatic rings. The Kier molecular flexibility index (Phi) is 8.28. The molecule has 3 aromatic heterocycles. The van der Waals surface area contributed by atoms with Crippen molar-refractivity contribution < 1.29 is 23.4 Å². The molecule has 4 heterocycles. The van der Waals surface area contributed by atoms with Crippen LogP contribution in [-0.2, 0) is 4.79 Å². The fourth-order valence-electron chi connectivity index (χ4n) is 4.77. The second-order valence-electron chi connectivity index (χ2n) is 9.98. The summed E-state index contributed by atoms with van der Waals surface area (Å²) >= 11 is 1.29. The van der Waals surface area contributed by atoms with Gasteiger partial charge in [0.15, 0.2) is 11.5 Å². The van der Waals surface area contributed by atoms with Gasteiger partial charge in [0.05, 0.1) is 24.0 Å². The summed E-state index contributed by atoms with van der Waals surface area (Å²) in [7, 11) is 1.56. The molecule has 0 saturated carbocycles. The molecule has 1 amide bonds. The summed E-state index contributed by atoms with van der Waals surface area (Å²) in [5.74, 6) is 1.76. The number of rotatable bonds is 9. The van der Waals surface area contributed by atoms with Crippen LogP contribution in [0.4, 0.5) is 15.9 Å². The van der Waals surface area contributed by atoms with Crippen LogP contribution in [0.3, 0.4) is 0 Å². The predicted molar refractivity (Wildman–Crippen MR) is 164 cm³/mol. The average molecular weight is 614 g/mol. The molecule has 224 valence electrons. The normalized spacial score (nSPS) is 13.5. The summed E-state index contributed by atoms with van der Waals surface area (Å²) in [4.78, 5) is 35.3. The number of likely N-dealkylation sites (tertiary alicyclic amines) is 1. The molecule has 0 unspecified atom stereocenters. The quantitative estimate of drug-likeness (QED) is 0.195. The Morgan fingerprint density at radius 1 is 1.11 bits per heavy atom. The number of hydrogen-bond donors (Lipinski definition) is 1. The highest BCUT2D eigenvalue weighted by Gasteiger charge is 2.24. The van der Waals surface area contributed by atoms with Crippen LogP contribution in [0, 0.1) is 12.7 Å². The van der Waals surface area contributed by atoms with Crippen LogP contribution in [0.5, 0.6) is 22.4 Å². The number of halogens is 1. The molecule has 0 radical (unpaired) electrons. The smallest absolute Gasteiger partial charge is 0.279 e. The first-order valence-corrected chi connectivity index (χ1v) is 14.7. The van der Waals surface area contributed by atoms with Gasteiger partial charge < -0.3 is 24.4 Å². The molecule has 2 aromatic carbocycles. The molecule has 0 atom stereocenters. The van der Waals surface area contributed by atoms with E-state index in [0.717, 1.165) is 5.56 Å². The van der Waals surface area contributed by atoms with Crippen molar-refractivity contribution in [3.05, 3.63) is 78.7 Å². The van der Waals surface area contributed by atoms with Crippen LogP contribution >= 0.6 is 11.3 Å². The Morgan fingerprint density at radius 3 is 2.64 bits per heavy atom. The Morgan fingerprint density at radius 2 is 1.91 bits per heavy atom. The zero-order valence-electron chi connectivity index (χ0n) is 24.0. The van der Waals surface area contributed by atoms with Crippen molar-refractivity contribution in [3.63, 3.8) is 0 Å². The number of thiazole rings is 1. The van der Waals surface area contributed by atoms with Gasteiger partial charge in [-0.15, -0.1) is 0 Å². The number of nitrogens with one attached hydrogen (secondary N) is 1. The fraction of sp³-hybridized carbons (Fsp3) is 0.226. The lowest BCUT2D eigenvalue weighted by Crippen LogP contribution is -2.41. The number of nitrogens with zero attached hydrogens (tertiary/aromatic N) is 6. The van der Waals surface area contributed by atoms with Gasteiger partial charge >= 0.3 is 0 Å². The lowest BCUT2D eigenvalue weighted by Gasteiger charge is -2.31. The molecular weight excluding hydrogens is 585 g/mol. The highest BCUT2D eigenvalue weighted by Crippen LogP contribution is 2.37. The molecule has 1 fully saturated rings. The monoisotopic (exact) mass is 613 g/mol. The first-order chi connectivity index (χ1) is 21.4. The number of aromatic nitrogens is 5. The molecule has 1 saturated heterocycles. The second kappa shape index (κ2) is 12.6. The maximum Gasteiger partial charge on any atom is 0.279 e. The van der Waals surface area contributed by atoms with Crippen LogP contribution in [-0.4, -0.2) is 62.0 Å². The highest BCUT2D eigenvalue weighted by atomic mass is 32.1. The van der Waals surface area contributed by atoms with E-state index in [1.54, 1.807) is 48.7 Å². The maximum absolute atomic E-state index is 15.3. The minimum absolute atomic E-state index is 0.0857. The van der Waals surface area contributed by atoms with Gasteiger partial charge in [-0.2, -0.15) is 0 Å². The third kappa shape index (κ3) is 6.27. The second-order valence-corrected chi connectivity index (χ2v) is 10.8. The van der Waals surface area contributed by atoms with Gasteiger partial charge in [0.25, 0.3) is 5.19 Å². The zero-order chi connectivity index (χ0) is 30.6. The number of carbonyl (C=O) groups excluding carboxylic acids is 1. The van der Waals surface area contributed by atoms with Gasteiger partial charge in [0.1, 0.15) is 35.6 Å². The van der Waals surface area contributed by atoms with Crippen LogP contribution in [0.15, 0.2) is 67.1 Å². The van der Waals surface area contributed by atoms with E-state index < -0.39 is 5.82 Å². The molecule has 0 bridgehead atoms. The van der Waals surface area contributed by atoms with Crippen LogP contribution in [0.25, 0.3) is 22.2 Å². The Labute approximate surface area is 256 Å². The largest absolute Gasteiger partial charge is 0.493 e. The summed E-state index contributed by atoms with van der Waals surface area (Å²) in [6.07, 6.45) is 7.33. The van der Waals surface area contributed by atoms with E-state index in [-0.39, 0.29) is 17.7 Å². The van der Waals surface area contributed by atoms with Crippen molar-refractivity contribution >= 4 is 39.7 Å². The molecule has 44 heavy (non-hydrogen) atoms. The molecule has 13 heteroatoms. The maximum atomic E-state index is 15.3. The molecule has 11 nitrogen and oxygen atoms in total. The topological polar surface area (TPSA) is 124 Å². The van der Waals surface area contributed by atoms with Gasteiger partial charge in [0.2, 0.25) is 5.91 Å². The van der Waals surface area contributed by atoms with Gasteiger partial charge in [-0.1, -0.05) is 17.9 Å². The Balaban J connectivity index is 1.18. The summed E-state index contributed by atoms with van der Waals surface area (Å²) in [6.45, 7) is 6.52. The van der Waals surface area contributed by atoms with Crippen LogP contribution < -0.4 is 19.5 Å². The molecule has 6 rings (SSSR count). The van der Waals surface area contributed by atoms with E-state index in [9.17, 15) is 4.79 Å². The lowest BCUT2D eigenvalue weighted by molar-refractivity contribution is -0.127. The minimum Gasteiger partial charge on any atom is -0.493 e. The van der Waals surface area contributed by atoms with Gasteiger partial charge in [-0.05, 0) is 31.2 Å². The third-order valence-corrected chi connectivity index (χ3v) is 7.82. The molecule has 0 spiro atoms. The molecular formula is C31H28FN7O4S. The average Bonchev–Trinajstić information content (AvgIpc) is 3.51. The molecule has 1 aliphatic heterocycles. The van der Waals surface area contributed by atoms with Crippen molar-refractivity contribution in [1.29, 1.82) is 0 Å². The summed E-state index contributed by atoms with van der Waals surface area (Å²) < 4.78 is 33.0. The number of benzene rings is 2. The van der Waals surface area contributed by atoms with Crippen molar-refractivity contribution in [3.8, 4) is 33.7 Å². The highest BCUT2D eigenvalue weighted by molar-refractivity contribution is 7.11. The Hall–Kier alpha value is -5.17. The summed E-state index contributed by atoms with van der Waals surface area (Å²) in [6, 6.07) is 8.04. The minimum atomic E-state index is -0.538. The molecule has 1 N–H and O–H groups in total. The van der Waals surface area contributed by atoms with Crippen LogP contribution in [0.2, 0.25) is 0 Å². The van der Waals surface area contributed by atoms with E-state index in [2.05, 4.69) is 36.8 Å². The van der Waals surface area contributed by atoms with Crippen molar-refractivity contribution in [2.45, 2.75) is 25.9 Å². The van der Waals surface area contributed by atoms with Crippen molar-refractivity contribution in [2.75, 3.05) is 25.5 Å². The number of amides is 1. The van der Waals surface area contributed by atoms with Crippen molar-refractivity contribution in [1.82, 2.24) is 29.8 Å². The van der Waals surface area contributed by atoms with Gasteiger partial charge in [-0.25, -0.2) is 29.3 Å². The van der Waals surface area contributed by atoms with E-state index in [1.807, 2.05) is 12.3 Å². The van der Waals surface area contributed by atoms with E-state index in [0.29, 0.717) is 76.6 Å². The number of fused-ring (bicyclic) bond motifs is 1. The standard InChI is InChI=1S/C31H28FN7O4S/c1-4-29(40)39-9-7-20(8-10-39)42-28-12-22-25(13-27(28)41-3)35-17-36-30(22)37-24-6-5-21(11-23(24)32)43-31-38-26(16-44-31)19-14-33-18(2)34-15-19/h4-6,11-17,20H,1,7-10H2,2-3H3,(H,35,36,37). The number of ether oxygens (including phenoxy) is 3. The molecule has 0 aliphatic carbocycles. The zero-order valence-corrected chi connectivity index (χ0v) is 24.8. The van der Waals surface area contributed by atoms with Gasteiger partial charge in [-0.3, -0.25) is 4.79 Å². The van der Waals surface area contributed by atoms with Crippen LogP contribution in [0.1, 0.15) is 18.7 Å². The van der Waals surface area contributed by atoms with E-state index in [1.165, 1.54) is 29.8 Å². The van der Waals surface area contributed by atoms with Crippen molar-refractivity contribution in [2.24, 2.45) is 0 Å². The number of aryl methyl sites for hydroxylation is 1. The van der Waals surface area contributed by atoms with E-state index >= 15 is 4.39 Å². The molecule has 1 aliphatic rings. The predicted octanol–water partition coefficient (Wildman–Crippen LogP) is 6.09. The first kappa shape index (κ1) is 28.9.